The van der Waals surface area contributed by atoms with E-state index in [0.29, 0.717) is 28.8 Å². The quantitative estimate of drug-likeness (QED) is 0.370. The molecule has 0 bridgehead atoms. The zero-order valence-corrected chi connectivity index (χ0v) is 17.7. The Morgan fingerprint density at radius 2 is 1.77 bits per heavy atom. The van der Waals surface area contributed by atoms with Crippen LogP contribution in [-0.2, 0) is 4.74 Å². The van der Waals surface area contributed by atoms with Crippen LogP contribution in [0.15, 0.2) is 72.8 Å². The summed E-state index contributed by atoms with van der Waals surface area (Å²) in [6.07, 6.45) is 0. The van der Waals surface area contributed by atoms with Gasteiger partial charge in [-0.1, -0.05) is 41.9 Å². The third-order valence-electron chi connectivity index (χ3n) is 4.35. The number of esters is 1. The number of halogens is 2. The maximum atomic E-state index is 12.0. The number of carbonyl (C=O) groups excluding carboxylic acids is 1. The molecule has 0 spiro atoms. The van der Waals surface area contributed by atoms with Crippen LogP contribution in [0.25, 0.3) is 22.3 Å². The summed E-state index contributed by atoms with van der Waals surface area (Å²) in [7, 11) is 0. The van der Waals surface area contributed by atoms with Crippen molar-refractivity contribution in [2.24, 2.45) is 0 Å². The summed E-state index contributed by atoms with van der Waals surface area (Å²) in [6.45, 7) is 2.11. The maximum Gasteiger partial charge on any atom is 0.338 e. The number of ether oxygens (including phenoxy) is 1. The molecule has 0 fully saturated rings. The van der Waals surface area contributed by atoms with E-state index in [0.717, 1.165) is 22.2 Å². The second-order valence-corrected chi connectivity index (χ2v) is 6.73. The highest BCUT2D eigenvalue weighted by Gasteiger charge is 2.13. The lowest BCUT2D eigenvalue weighted by atomic mass is 10.1. The van der Waals surface area contributed by atoms with Crippen LogP contribution >= 0.6 is 24.0 Å². The van der Waals surface area contributed by atoms with E-state index in [4.69, 9.17) is 21.3 Å². The zero-order valence-electron chi connectivity index (χ0n) is 16.1. The van der Waals surface area contributed by atoms with Crippen LogP contribution in [0, 0.1) is 0 Å². The molecule has 1 aromatic heterocycles. The van der Waals surface area contributed by atoms with Crippen molar-refractivity contribution in [1.29, 1.82) is 0 Å². The fourth-order valence-corrected chi connectivity index (χ4v) is 3.23. The molecule has 7 heteroatoms. The van der Waals surface area contributed by atoms with Crippen LogP contribution in [-0.4, -0.2) is 22.5 Å². The van der Waals surface area contributed by atoms with Crippen molar-refractivity contribution >= 4 is 52.4 Å². The molecule has 1 heterocycles. The number of nitrogens with one attached hydrogen (secondary N) is 1. The molecule has 1 N–H and O–H groups in total. The van der Waals surface area contributed by atoms with Gasteiger partial charge in [0, 0.05) is 16.6 Å². The molecule has 30 heavy (non-hydrogen) atoms. The summed E-state index contributed by atoms with van der Waals surface area (Å²) in [5.74, 6) is 0.797. The fourth-order valence-electron chi connectivity index (χ4n) is 3.01. The molecule has 0 saturated carbocycles. The highest BCUT2D eigenvalue weighted by atomic mass is 35.5. The summed E-state index contributed by atoms with van der Waals surface area (Å²) in [4.78, 5) is 21.4. The summed E-state index contributed by atoms with van der Waals surface area (Å²) < 4.78 is 5.09. The molecule has 152 valence electrons. The Balaban J connectivity index is 0.00000256. The van der Waals surface area contributed by atoms with Crippen molar-refractivity contribution in [3.05, 3.63) is 83.4 Å². The minimum atomic E-state index is -0.361. The number of para-hydroxylation sites is 1. The predicted octanol–water partition coefficient (Wildman–Crippen LogP) is 6.29. The zero-order chi connectivity index (χ0) is 20.2. The van der Waals surface area contributed by atoms with Crippen molar-refractivity contribution in [3.63, 3.8) is 0 Å². The standard InChI is InChI=1S/C23H18ClN3O2.ClH/c1-2-29-23(28)15-8-7-9-16(14-15)25-22-18-11-4-6-13-20(18)26-21(27-22)17-10-3-5-12-19(17)24;/h3-14H,2H2,1H3,(H,25,26,27);1H. The van der Waals surface area contributed by atoms with Crippen LogP contribution in [0.1, 0.15) is 17.3 Å². The minimum Gasteiger partial charge on any atom is -0.462 e. The van der Waals surface area contributed by atoms with Gasteiger partial charge in [-0.3, -0.25) is 0 Å². The molecule has 0 unspecified atom stereocenters. The average molecular weight is 440 g/mol. The Morgan fingerprint density at radius 1 is 1.00 bits per heavy atom. The van der Waals surface area contributed by atoms with Gasteiger partial charge in [-0.25, -0.2) is 14.8 Å². The maximum absolute atomic E-state index is 12.0. The lowest BCUT2D eigenvalue weighted by Gasteiger charge is -2.12. The molecule has 4 rings (SSSR count). The second kappa shape index (κ2) is 9.57. The first kappa shape index (κ1) is 21.6. The Kier molecular flexibility index (Phi) is 6.87. The largest absolute Gasteiger partial charge is 0.462 e. The Bertz CT molecular complexity index is 1200. The number of hydrogen-bond donors (Lipinski definition) is 1. The van der Waals surface area contributed by atoms with E-state index in [1.807, 2.05) is 54.6 Å². The summed E-state index contributed by atoms with van der Waals surface area (Å²) in [5, 5.41) is 4.76. The van der Waals surface area contributed by atoms with Gasteiger partial charge in [0.15, 0.2) is 5.82 Å². The molecular formula is C23H19Cl2N3O2. The Morgan fingerprint density at radius 3 is 2.57 bits per heavy atom. The van der Waals surface area contributed by atoms with Gasteiger partial charge in [-0.15, -0.1) is 12.4 Å². The number of aromatic nitrogens is 2. The number of rotatable bonds is 5. The van der Waals surface area contributed by atoms with Gasteiger partial charge < -0.3 is 10.1 Å². The van der Waals surface area contributed by atoms with E-state index in [1.54, 1.807) is 25.1 Å². The molecular weight excluding hydrogens is 421 g/mol. The molecule has 0 aliphatic heterocycles. The molecule has 4 aromatic rings. The van der Waals surface area contributed by atoms with E-state index in [-0.39, 0.29) is 18.4 Å². The van der Waals surface area contributed by atoms with E-state index in [2.05, 4.69) is 10.3 Å². The average Bonchev–Trinajstić information content (AvgIpc) is 2.74. The van der Waals surface area contributed by atoms with Gasteiger partial charge in [0.2, 0.25) is 0 Å². The topological polar surface area (TPSA) is 64.1 Å². The van der Waals surface area contributed by atoms with Gasteiger partial charge in [0.25, 0.3) is 0 Å². The first-order chi connectivity index (χ1) is 14.2. The molecule has 0 aliphatic carbocycles. The van der Waals surface area contributed by atoms with Crippen molar-refractivity contribution in [2.45, 2.75) is 6.92 Å². The van der Waals surface area contributed by atoms with Crippen LogP contribution in [0.2, 0.25) is 5.02 Å². The van der Waals surface area contributed by atoms with Crippen molar-refractivity contribution in [1.82, 2.24) is 9.97 Å². The number of hydrogen-bond acceptors (Lipinski definition) is 5. The highest BCUT2D eigenvalue weighted by Crippen LogP contribution is 2.30. The summed E-state index contributed by atoms with van der Waals surface area (Å²) >= 11 is 6.36. The molecule has 0 saturated heterocycles. The monoisotopic (exact) mass is 439 g/mol. The van der Waals surface area contributed by atoms with E-state index in [9.17, 15) is 4.79 Å². The smallest absolute Gasteiger partial charge is 0.338 e. The first-order valence-corrected chi connectivity index (χ1v) is 9.59. The third kappa shape index (κ3) is 4.53. The molecule has 0 amide bonds. The van der Waals surface area contributed by atoms with Gasteiger partial charge in [0.1, 0.15) is 5.82 Å². The lowest BCUT2D eigenvalue weighted by Crippen LogP contribution is -2.05. The van der Waals surface area contributed by atoms with Crippen LogP contribution in [0.5, 0.6) is 0 Å². The summed E-state index contributed by atoms with van der Waals surface area (Å²) in [6, 6.07) is 22.3. The number of anilines is 2. The van der Waals surface area contributed by atoms with Gasteiger partial charge >= 0.3 is 5.97 Å². The molecule has 5 nitrogen and oxygen atoms in total. The van der Waals surface area contributed by atoms with E-state index < -0.39 is 0 Å². The molecule has 0 aliphatic rings. The number of carbonyl (C=O) groups is 1. The second-order valence-electron chi connectivity index (χ2n) is 6.32. The molecule has 3 aromatic carbocycles. The van der Waals surface area contributed by atoms with Crippen molar-refractivity contribution in [2.75, 3.05) is 11.9 Å². The van der Waals surface area contributed by atoms with Gasteiger partial charge in [0.05, 0.1) is 22.7 Å². The van der Waals surface area contributed by atoms with Gasteiger partial charge in [-0.2, -0.15) is 0 Å². The SMILES string of the molecule is CCOC(=O)c1cccc(Nc2nc(-c3ccccc3Cl)nc3ccccc23)c1.Cl. The van der Waals surface area contributed by atoms with Crippen molar-refractivity contribution in [3.8, 4) is 11.4 Å². The van der Waals surface area contributed by atoms with Crippen molar-refractivity contribution < 1.29 is 9.53 Å². The Labute approximate surface area is 185 Å². The summed E-state index contributed by atoms with van der Waals surface area (Å²) in [5.41, 5.74) is 2.75. The van der Waals surface area contributed by atoms with Crippen LogP contribution in [0.3, 0.4) is 0 Å². The minimum absolute atomic E-state index is 0. The lowest BCUT2D eigenvalue weighted by molar-refractivity contribution is 0.0526. The molecule has 0 atom stereocenters. The van der Waals surface area contributed by atoms with Crippen LogP contribution in [0.4, 0.5) is 11.5 Å². The number of nitrogens with zero attached hydrogens (tertiary/aromatic N) is 2. The predicted molar refractivity (Wildman–Crippen MR) is 123 cm³/mol. The number of fused-ring (bicyclic) bond motifs is 1. The fraction of sp³-hybridized carbons (Fsp3) is 0.0870. The van der Waals surface area contributed by atoms with Crippen LogP contribution < -0.4 is 5.32 Å². The highest BCUT2D eigenvalue weighted by molar-refractivity contribution is 6.33. The Hall–Kier alpha value is -3.15. The number of benzene rings is 3. The first-order valence-electron chi connectivity index (χ1n) is 9.21. The van der Waals surface area contributed by atoms with Gasteiger partial charge in [-0.05, 0) is 49.4 Å². The molecule has 0 radical (unpaired) electrons. The van der Waals surface area contributed by atoms with E-state index >= 15 is 0 Å². The normalized spacial score (nSPS) is 10.3. The third-order valence-corrected chi connectivity index (χ3v) is 4.68. The van der Waals surface area contributed by atoms with E-state index in [1.165, 1.54) is 0 Å².